The van der Waals surface area contributed by atoms with Gasteiger partial charge in [0, 0.05) is 20.7 Å². The molecule has 21 heavy (non-hydrogen) atoms. The molecule has 0 aromatic rings. The standard InChI is InChI=1S/C12H23N3O5S/c1-15(8-10(16)13-5-6-20-2)12(19)14-9(11(17)18)4-7-21-3/h9H,4-8H2,1-3H3,(H,13,16)(H,14,19)(H,17,18). The zero-order chi connectivity index (χ0) is 16.3. The van der Waals surface area contributed by atoms with Gasteiger partial charge in [0.25, 0.3) is 0 Å². The minimum Gasteiger partial charge on any atom is -0.480 e. The van der Waals surface area contributed by atoms with Gasteiger partial charge in [0.05, 0.1) is 6.61 Å². The Kier molecular flexibility index (Phi) is 10.4. The number of rotatable bonds is 10. The first-order chi connectivity index (χ1) is 9.92. The van der Waals surface area contributed by atoms with Crippen molar-refractivity contribution in [3.63, 3.8) is 0 Å². The summed E-state index contributed by atoms with van der Waals surface area (Å²) in [5.41, 5.74) is 0. The van der Waals surface area contributed by atoms with Crippen molar-refractivity contribution in [2.45, 2.75) is 12.5 Å². The molecule has 0 aliphatic rings. The van der Waals surface area contributed by atoms with Crippen molar-refractivity contribution in [2.24, 2.45) is 0 Å². The monoisotopic (exact) mass is 321 g/mol. The van der Waals surface area contributed by atoms with Crippen LogP contribution in [0.3, 0.4) is 0 Å². The van der Waals surface area contributed by atoms with Gasteiger partial charge in [-0.2, -0.15) is 11.8 Å². The van der Waals surface area contributed by atoms with Crippen molar-refractivity contribution in [2.75, 3.05) is 45.9 Å². The number of carbonyl (C=O) groups excluding carboxylic acids is 2. The van der Waals surface area contributed by atoms with E-state index < -0.39 is 18.0 Å². The van der Waals surface area contributed by atoms with Crippen LogP contribution in [0.1, 0.15) is 6.42 Å². The molecule has 0 saturated heterocycles. The number of urea groups is 1. The Morgan fingerprint density at radius 3 is 2.57 bits per heavy atom. The Labute approximate surface area is 128 Å². The van der Waals surface area contributed by atoms with Crippen LogP contribution in [0.5, 0.6) is 0 Å². The number of likely N-dealkylation sites (N-methyl/N-ethyl adjacent to an activating group) is 1. The van der Waals surface area contributed by atoms with Gasteiger partial charge < -0.3 is 25.4 Å². The van der Waals surface area contributed by atoms with E-state index in [9.17, 15) is 14.4 Å². The number of hydrogen-bond acceptors (Lipinski definition) is 5. The lowest BCUT2D eigenvalue weighted by atomic mass is 10.2. The summed E-state index contributed by atoms with van der Waals surface area (Å²) in [6, 6.07) is -1.55. The molecule has 0 aliphatic carbocycles. The molecule has 9 heteroatoms. The Morgan fingerprint density at radius 2 is 2.05 bits per heavy atom. The molecule has 0 aliphatic heterocycles. The number of ether oxygens (including phenoxy) is 1. The third-order valence-electron chi connectivity index (χ3n) is 2.56. The third kappa shape index (κ3) is 9.14. The molecular formula is C12H23N3O5S. The Morgan fingerprint density at radius 1 is 1.38 bits per heavy atom. The quantitative estimate of drug-likeness (QED) is 0.472. The van der Waals surface area contributed by atoms with Crippen LogP contribution in [0.15, 0.2) is 0 Å². The number of methoxy groups -OCH3 is 1. The topological polar surface area (TPSA) is 108 Å². The number of amides is 3. The largest absolute Gasteiger partial charge is 0.480 e. The van der Waals surface area contributed by atoms with Crippen molar-refractivity contribution in [3.05, 3.63) is 0 Å². The molecule has 0 radical (unpaired) electrons. The zero-order valence-corrected chi connectivity index (χ0v) is 13.4. The second-order valence-corrected chi connectivity index (χ2v) is 5.31. The van der Waals surface area contributed by atoms with Gasteiger partial charge in [0.1, 0.15) is 12.6 Å². The minimum atomic E-state index is -1.09. The summed E-state index contributed by atoms with van der Waals surface area (Å²) < 4.78 is 4.79. The first-order valence-electron chi connectivity index (χ1n) is 6.41. The van der Waals surface area contributed by atoms with Crippen LogP contribution in [0.2, 0.25) is 0 Å². The number of nitrogens with one attached hydrogen (secondary N) is 2. The van der Waals surface area contributed by atoms with Crippen LogP contribution in [-0.2, 0) is 14.3 Å². The number of carboxylic acid groups (broad SMARTS) is 1. The van der Waals surface area contributed by atoms with Crippen LogP contribution in [0.25, 0.3) is 0 Å². The fourth-order valence-electron chi connectivity index (χ4n) is 1.39. The summed E-state index contributed by atoms with van der Waals surface area (Å²) in [6.45, 7) is 0.595. The lowest BCUT2D eigenvalue weighted by molar-refractivity contribution is -0.139. The van der Waals surface area contributed by atoms with Crippen LogP contribution in [0.4, 0.5) is 4.79 Å². The van der Waals surface area contributed by atoms with Crippen molar-refractivity contribution in [1.29, 1.82) is 0 Å². The number of carboxylic acids is 1. The number of carbonyl (C=O) groups is 3. The smallest absolute Gasteiger partial charge is 0.326 e. The van der Waals surface area contributed by atoms with Gasteiger partial charge in [-0.25, -0.2) is 9.59 Å². The van der Waals surface area contributed by atoms with Crippen LogP contribution in [0, 0.1) is 0 Å². The molecule has 1 atom stereocenters. The fraction of sp³-hybridized carbons (Fsp3) is 0.750. The molecule has 1 unspecified atom stereocenters. The van der Waals surface area contributed by atoms with Gasteiger partial charge >= 0.3 is 12.0 Å². The minimum absolute atomic E-state index is 0.148. The first-order valence-corrected chi connectivity index (χ1v) is 7.80. The lowest BCUT2D eigenvalue weighted by Crippen LogP contribution is -2.49. The van der Waals surface area contributed by atoms with Gasteiger partial charge in [-0.1, -0.05) is 0 Å². The van der Waals surface area contributed by atoms with E-state index in [-0.39, 0.29) is 12.5 Å². The lowest BCUT2D eigenvalue weighted by Gasteiger charge is -2.21. The van der Waals surface area contributed by atoms with E-state index in [0.29, 0.717) is 25.3 Å². The van der Waals surface area contributed by atoms with E-state index in [1.165, 1.54) is 25.9 Å². The summed E-state index contributed by atoms with van der Waals surface area (Å²) in [5, 5.41) is 14.0. The molecule has 0 bridgehead atoms. The maximum absolute atomic E-state index is 11.8. The van der Waals surface area contributed by atoms with E-state index in [0.717, 1.165) is 4.90 Å². The second-order valence-electron chi connectivity index (χ2n) is 4.32. The molecule has 0 spiro atoms. The molecule has 3 amide bonds. The number of nitrogens with zero attached hydrogens (tertiary/aromatic N) is 1. The maximum Gasteiger partial charge on any atom is 0.326 e. The predicted molar refractivity (Wildman–Crippen MR) is 80.5 cm³/mol. The average molecular weight is 321 g/mol. The third-order valence-corrected chi connectivity index (χ3v) is 3.21. The van der Waals surface area contributed by atoms with Crippen LogP contribution >= 0.6 is 11.8 Å². The molecule has 122 valence electrons. The van der Waals surface area contributed by atoms with Gasteiger partial charge in [-0.3, -0.25) is 4.79 Å². The summed E-state index contributed by atoms with van der Waals surface area (Å²) in [7, 11) is 2.95. The Hall–Kier alpha value is -1.48. The summed E-state index contributed by atoms with van der Waals surface area (Å²) >= 11 is 1.50. The highest BCUT2D eigenvalue weighted by atomic mass is 32.2. The van der Waals surface area contributed by atoms with E-state index in [1.807, 2.05) is 6.26 Å². The Bertz CT molecular complexity index is 354. The van der Waals surface area contributed by atoms with E-state index in [4.69, 9.17) is 9.84 Å². The summed E-state index contributed by atoms with van der Waals surface area (Å²) in [6.07, 6.45) is 2.19. The highest BCUT2D eigenvalue weighted by Gasteiger charge is 2.22. The average Bonchev–Trinajstić information content (AvgIpc) is 2.42. The molecule has 0 fully saturated rings. The number of thioether (sulfide) groups is 1. The van der Waals surface area contributed by atoms with Crippen LogP contribution < -0.4 is 10.6 Å². The molecule has 8 nitrogen and oxygen atoms in total. The van der Waals surface area contributed by atoms with Crippen molar-refractivity contribution < 1.29 is 24.2 Å². The fourth-order valence-corrected chi connectivity index (χ4v) is 1.86. The van der Waals surface area contributed by atoms with Gasteiger partial charge in [-0.15, -0.1) is 0 Å². The second kappa shape index (κ2) is 11.2. The number of hydrogen-bond donors (Lipinski definition) is 3. The number of aliphatic carboxylic acids is 1. The molecule has 3 N–H and O–H groups in total. The predicted octanol–water partition coefficient (Wildman–Crippen LogP) is -0.403. The molecule has 0 saturated carbocycles. The van der Waals surface area contributed by atoms with Gasteiger partial charge in [0.15, 0.2) is 0 Å². The molecule has 0 aromatic carbocycles. The van der Waals surface area contributed by atoms with E-state index >= 15 is 0 Å². The van der Waals surface area contributed by atoms with E-state index in [1.54, 1.807) is 0 Å². The highest BCUT2D eigenvalue weighted by molar-refractivity contribution is 7.98. The SMILES string of the molecule is COCCNC(=O)CN(C)C(=O)NC(CCSC)C(=O)O. The molecule has 0 aromatic heterocycles. The maximum atomic E-state index is 11.8. The van der Waals surface area contributed by atoms with Gasteiger partial charge in [-0.05, 0) is 18.4 Å². The van der Waals surface area contributed by atoms with Crippen molar-refractivity contribution in [1.82, 2.24) is 15.5 Å². The van der Waals surface area contributed by atoms with Crippen molar-refractivity contribution in [3.8, 4) is 0 Å². The molecular weight excluding hydrogens is 298 g/mol. The molecule has 0 rings (SSSR count). The summed E-state index contributed by atoms with van der Waals surface area (Å²) in [4.78, 5) is 35.5. The normalized spacial score (nSPS) is 11.6. The van der Waals surface area contributed by atoms with E-state index in [2.05, 4.69) is 10.6 Å². The van der Waals surface area contributed by atoms with Crippen molar-refractivity contribution >= 4 is 29.7 Å². The highest BCUT2D eigenvalue weighted by Crippen LogP contribution is 2.01. The Balaban J connectivity index is 4.22. The molecule has 0 heterocycles. The first kappa shape index (κ1) is 19.5. The van der Waals surface area contributed by atoms with Gasteiger partial charge in [0.2, 0.25) is 5.91 Å². The zero-order valence-electron chi connectivity index (χ0n) is 12.5. The summed E-state index contributed by atoms with van der Waals surface area (Å²) in [5.74, 6) is -0.797. The van der Waals surface area contributed by atoms with Crippen LogP contribution in [-0.4, -0.2) is 79.8 Å².